The van der Waals surface area contributed by atoms with Crippen molar-refractivity contribution in [3.8, 4) is 28.3 Å². The number of nitrogens with one attached hydrogen (secondary N) is 2. The molecular formula is C27H26ClFN4O4. The van der Waals surface area contributed by atoms with E-state index in [9.17, 15) is 19.1 Å². The molecule has 0 saturated carbocycles. The predicted molar refractivity (Wildman–Crippen MR) is 141 cm³/mol. The van der Waals surface area contributed by atoms with Crippen molar-refractivity contribution in [1.29, 1.82) is 0 Å². The summed E-state index contributed by atoms with van der Waals surface area (Å²) < 4.78 is 19.3. The number of H-pyrrole nitrogens is 1. The number of amides is 1. The molecule has 1 heterocycles. The normalized spacial score (nSPS) is 11.2. The maximum atomic E-state index is 14.2. The van der Waals surface area contributed by atoms with Gasteiger partial charge in [-0.2, -0.15) is 0 Å². The van der Waals surface area contributed by atoms with E-state index in [0.717, 1.165) is 13.0 Å². The number of rotatable bonds is 9. The van der Waals surface area contributed by atoms with Crippen LogP contribution in [0.4, 0.5) is 4.39 Å². The lowest BCUT2D eigenvalue weighted by Crippen LogP contribution is -2.27. The monoisotopic (exact) mass is 524 g/mol. The number of carboxylic acids is 1. The van der Waals surface area contributed by atoms with Gasteiger partial charge in [0.05, 0.1) is 23.7 Å². The largest absolute Gasteiger partial charge is 0.494 e. The van der Waals surface area contributed by atoms with Gasteiger partial charge in [0, 0.05) is 40.4 Å². The lowest BCUT2D eigenvalue weighted by atomic mass is 9.93. The number of aromatic nitrogens is 2. The van der Waals surface area contributed by atoms with Crippen LogP contribution in [0.5, 0.6) is 5.75 Å². The first-order valence-corrected chi connectivity index (χ1v) is 11.9. The van der Waals surface area contributed by atoms with E-state index in [-0.39, 0.29) is 22.8 Å². The van der Waals surface area contributed by atoms with Crippen LogP contribution in [-0.4, -0.2) is 66.1 Å². The van der Waals surface area contributed by atoms with Crippen molar-refractivity contribution in [1.82, 2.24) is 20.2 Å². The van der Waals surface area contributed by atoms with Crippen molar-refractivity contribution in [2.45, 2.75) is 6.42 Å². The van der Waals surface area contributed by atoms with Crippen LogP contribution in [0.25, 0.3) is 33.5 Å². The van der Waals surface area contributed by atoms with Crippen LogP contribution >= 0.6 is 11.6 Å². The summed E-state index contributed by atoms with van der Waals surface area (Å²) in [4.78, 5) is 34.5. The van der Waals surface area contributed by atoms with Gasteiger partial charge < -0.3 is 25.0 Å². The molecule has 0 bridgehead atoms. The third kappa shape index (κ3) is 5.58. The van der Waals surface area contributed by atoms with Gasteiger partial charge in [0.15, 0.2) is 11.6 Å². The molecular weight excluding hydrogens is 499 g/mol. The number of carbonyl (C=O) groups excluding carboxylic acids is 1. The summed E-state index contributed by atoms with van der Waals surface area (Å²) in [6.45, 7) is 1.28. The molecule has 192 valence electrons. The summed E-state index contributed by atoms with van der Waals surface area (Å²) in [6, 6.07) is 12.3. The van der Waals surface area contributed by atoms with Crippen LogP contribution < -0.4 is 10.1 Å². The topological polar surface area (TPSA) is 108 Å². The van der Waals surface area contributed by atoms with E-state index < -0.39 is 11.8 Å². The van der Waals surface area contributed by atoms with Crippen LogP contribution in [0.2, 0.25) is 5.02 Å². The van der Waals surface area contributed by atoms with Gasteiger partial charge in [-0.1, -0.05) is 29.8 Å². The minimum atomic E-state index is -1.21. The molecule has 8 nitrogen and oxygen atoms in total. The Hall–Kier alpha value is -3.95. The van der Waals surface area contributed by atoms with Crippen molar-refractivity contribution in [3.63, 3.8) is 0 Å². The Morgan fingerprint density at radius 3 is 2.65 bits per heavy atom. The fourth-order valence-corrected chi connectivity index (χ4v) is 4.35. The third-order valence-corrected chi connectivity index (χ3v) is 6.19. The minimum Gasteiger partial charge on any atom is -0.494 e. The Morgan fingerprint density at radius 1 is 1.16 bits per heavy atom. The van der Waals surface area contributed by atoms with Crippen molar-refractivity contribution >= 4 is 34.5 Å². The number of imidazole rings is 1. The van der Waals surface area contributed by atoms with Gasteiger partial charge in [-0.25, -0.2) is 14.2 Å². The van der Waals surface area contributed by atoms with Gasteiger partial charge in [0.2, 0.25) is 0 Å². The molecule has 3 aromatic carbocycles. The molecule has 0 saturated heterocycles. The number of aromatic carboxylic acids is 1. The Labute approximate surface area is 218 Å². The number of methoxy groups -OCH3 is 1. The molecule has 1 amide bonds. The van der Waals surface area contributed by atoms with E-state index in [4.69, 9.17) is 16.3 Å². The number of benzene rings is 3. The maximum absolute atomic E-state index is 14.2. The summed E-state index contributed by atoms with van der Waals surface area (Å²) in [6.07, 6.45) is 0.763. The molecule has 0 radical (unpaired) electrons. The number of ether oxygens (including phenoxy) is 1. The Kier molecular flexibility index (Phi) is 7.75. The van der Waals surface area contributed by atoms with Gasteiger partial charge in [0.1, 0.15) is 5.82 Å². The predicted octanol–water partition coefficient (Wildman–Crippen LogP) is 5.08. The molecule has 37 heavy (non-hydrogen) atoms. The molecule has 0 atom stereocenters. The number of carbonyl (C=O) groups is 2. The average molecular weight is 525 g/mol. The van der Waals surface area contributed by atoms with Crippen LogP contribution in [0.1, 0.15) is 27.1 Å². The van der Waals surface area contributed by atoms with Gasteiger partial charge in [-0.05, 0) is 50.8 Å². The highest BCUT2D eigenvalue weighted by Gasteiger charge is 2.22. The zero-order chi connectivity index (χ0) is 26.7. The van der Waals surface area contributed by atoms with Crippen LogP contribution in [0.15, 0.2) is 48.5 Å². The molecule has 4 aromatic rings. The Morgan fingerprint density at radius 2 is 1.95 bits per heavy atom. The van der Waals surface area contributed by atoms with E-state index >= 15 is 0 Å². The van der Waals surface area contributed by atoms with Crippen molar-refractivity contribution in [3.05, 3.63) is 70.5 Å². The first-order chi connectivity index (χ1) is 17.7. The molecule has 0 aliphatic carbocycles. The third-order valence-electron chi connectivity index (χ3n) is 5.87. The first-order valence-electron chi connectivity index (χ1n) is 11.5. The zero-order valence-corrected chi connectivity index (χ0v) is 21.3. The van der Waals surface area contributed by atoms with Gasteiger partial charge in [-0.3, -0.25) is 4.79 Å². The Balaban J connectivity index is 1.75. The van der Waals surface area contributed by atoms with E-state index in [1.165, 1.54) is 25.3 Å². The van der Waals surface area contributed by atoms with Crippen molar-refractivity contribution in [2.75, 3.05) is 34.3 Å². The van der Waals surface area contributed by atoms with Crippen LogP contribution in [0, 0.1) is 5.82 Å². The van der Waals surface area contributed by atoms with E-state index in [0.29, 0.717) is 45.1 Å². The second kappa shape index (κ2) is 11.0. The highest BCUT2D eigenvalue weighted by molar-refractivity contribution is 6.34. The Bertz CT molecular complexity index is 1490. The number of carboxylic acid groups (broad SMARTS) is 1. The van der Waals surface area contributed by atoms with Gasteiger partial charge in [0.25, 0.3) is 5.91 Å². The van der Waals surface area contributed by atoms with Gasteiger partial charge in [-0.15, -0.1) is 0 Å². The number of halogens is 2. The molecule has 10 heteroatoms. The van der Waals surface area contributed by atoms with E-state index in [2.05, 4.69) is 15.3 Å². The SMILES string of the molecule is COc1cc2nc(-c3cccc(Cl)c3-c3ccc(C(=O)NCCCN(C)C)cc3C(=O)O)[nH]c2cc1F. The number of fused-ring (bicyclic) bond motifs is 1. The molecule has 3 N–H and O–H groups in total. The standard InChI is InChI=1S/C27H26ClFN4O4/c1-33(2)11-5-10-30-26(34)15-8-9-16(18(12-15)27(35)36)24-17(6-4-7-19(24)28)25-31-21-13-20(29)23(37-3)14-22(21)32-25/h4,6-9,12-14H,5,10-11H2,1-3H3,(H,30,34)(H,31,32)(H,35,36). The van der Waals surface area contributed by atoms with Crippen molar-refractivity contribution in [2.24, 2.45) is 0 Å². The van der Waals surface area contributed by atoms with Crippen LogP contribution in [0.3, 0.4) is 0 Å². The van der Waals surface area contributed by atoms with E-state index in [1.54, 1.807) is 30.3 Å². The lowest BCUT2D eigenvalue weighted by Gasteiger charge is -2.14. The smallest absolute Gasteiger partial charge is 0.336 e. The molecule has 4 rings (SSSR count). The number of aromatic amines is 1. The zero-order valence-electron chi connectivity index (χ0n) is 20.6. The highest BCUT2D eigenvalue weighted by atomic mass is 35.5. The highest BCUT2D eigenvalue weighted by Crippen LogP contribution is 2.39. The lowest BCUT2D eigenvalue weighted by molar-refractivity contribution is 0.0697. The minimum absolute atomic E-state index is 0.0561. The maximum Gasteiger partial charge on any atom is 0.336 e. The molecule has 0 aliphatic heterocycles. The second-order valence-corrected chi connectivity index (χ2v) is 9.14. The first kappa shape index (κ1) is 26.1. The summed E-state index contributed by atoms with van der Waals surface area (Å²) in [7, 11) is 5.26. The van der Waals surface area contributed by atoms with Crippen molar-refractivity contribution < 1.29 is 23.8 Å². The quantitative estimate of drug-likeness (QED) is 0.264. The summed E-state index contributed by atoms with van der Waals surface area (Å²) in [5.41, 5.74) is 2.32. The summed E-state index contributed by atoms with van der Waals surface area (Å²) in [5, 5.41) is 13.1. The fraction of sp³-hybridized carbons (Fsp3) is 0.222. The summed E-state index contributed by atoms with van der Waals surface area (Å²) >= 11 is 6.58. The molecule has 0 fully saturated rings. The van der Waals surface area contributed by atoms with E-state index in [1.807, 2.05) is 19.0 Å². The summed E-state index contributed by atoms with van der Waals surface area (Å²) in [5.74, 6) is -1.68. The molecule has 0 aliphatic rings. The molecule has 1 aromatic heterocycles. The number of hydrogen-bond acceptors (Lipinski definition) is 5. The number of hydrogen-bond donors (Lipinski definition) is 3. The second-order valence-electron chi connectivity index (χ2n) is 8.73. The molecule has 0 spiro atoms. The average Bonchev–Trinajstić information content (AvgIpc) is 3.27. The van der Waals surface area contributed by atoms with Gasteiger partial charge >= 0.3 is 5.97 Å². The molecule has 0 unspecified atom stereocenters. The van der Waals surface area contributed by atoms with Crippen LogP contribution in [-0.2, 0) is 0 Å². The fourth-order valence-electron chi connectivity index (χ4n) is 4.07. The number of nitrogens with zero attached hydrogens (tertiary/aromatic N) is 2.